The fourth-order valence-corrected chi connectivity index (χ4v) is 3.86. The molecule has 3 atom stereocenters. The number of methoxy groups -OCH3 is 2. The van der Waals surface area contributed by atoms with Crippen molar-refractivity contribution in [3.63, 3.8) is 0 Å². The number of ether oxygens (including phenoxy) is 3. The molecule has 162 valence electrons. The number of esters is 1. The van der Waals surface area contributed by atoms with Crippen molar-refractivity contribution < 1.29 is 23.8 Å². The summed E-state index contributed by atoms with van der Waals surface area (Å²) in [6, 6.07) is 14.2. The summed E-state index contributed by atoms with van der Waals surface area (Å²) in [5, 5.41) is 9.07. The number of nitrogens with zero attached hydrogens (tertiary/aromatic N) is 2. The molecule has 1 heterocycles. The summed E-state index contributed by atoms with van der Waals surface area (Å²) < 4.78 is 16.1. The molecular weight excluding hydrogens is 396 g/mol. The first-order chi connectivity index (χ1) is 14.9. The summed E-state index contributed by atoms with van der Waals surface area (Å²) in [5.74, 6) is -0.167. The minimum atomic E-state index is -0.871. The average Bonchev–Trinajstić information content (AvgIpc) is 2.78. The predicted octanol–water partition coefficient (Wildman–Crippen LogP) is 3.95. The Kier molecular flexibility index (Phi) is 6.81. The van der Waals surface area contributed by atoms with Crippen molar-refractivity contribution in [1.29, 1.82) is 5.26 Å². The fraction of sp³-hybridized carbons (Fsp3) is 0.375. The smallest absolute Gasteiger partial charge is 0.312 e. The number of rotatable bonds is 6. The van der Waals surface area contributed by atoms with Gasteiger partial charge in [-0.25, -0.2) is 0 Å². The van der Waals surface area contributed by atoms with Crippen molar-refractivity contribution in [3.8, 4) is 17.6 Å². The normalized spacial score (nSPS) is 19.3. The first kappa shape index (κ1) is 22.2. The molecule has 2 aromatic rings. The van der Waals surface area contributed by atoms with Gasteiger partial charge in [-0.2, -0.15) is 5.26 Å². The minimum absolute atomic E-state index is 0.0824. The van der Waals surface area contributed by atoms with E-state index in [0.717, 1.165) is 11.1 Å². The Hall–Kier alpha value is -3.53. The SMILES string of the molecule is COc1ccc([C@@H]2[C@H](C(=O)O[C@@H](C)C#N)CCC(=O)N2c2ccc(C)cc2)cc1OC. The molecule has 3 rings (SSSR count). The van der Waals surface area contributed by atoms with Gasteiger partial charge in [0.15, 0.2) is 17.6 Å². The van der Waals surface area contributed by atoms with Crippen LogP contribution in [0.5, 0.6) is 11.5 Å². The van der Waals surface area contributed by atoms with Gasteiger partial charge < -0.3 is 19.1 Å². The van der Waals surface area contributed by atoms with Crippen LogP contribution in [0.1, 0.15) is 36.9 Å². The van der Waals surface area contributed by atoms with E-state index in [1.54, 1.807) is 24.1 Å². The average molecular weight is 422 g/mol. The lowest BCUT2D eigenvalue weighted by atomic mass is 9.83. The summed E-state index contributed by atoms with van der Waals surface area (Å²) in [7, 11) is 3.08. The van der Waals surface area contributed by atoms with Crippen LogP contribution in [-0.2, 0) is 14.3 Å². The van der Waals surface area contributed by atoms with E-state index in [-0.39, 0.29) is 12.3 Å². The van der Waals surface area contributed by atoms with Gasteiger partial charge in [0.1, 0.15) is 6.07 Å². The van der Waals surface area contributed by atoms with Crippen LogP contribution in [-0.4, -0.2) is 32.2 Å². The van der Waals surface area contributed by atoms with E-state index in [1.807, 2.05) is 43.3 Å². The molecule has 0 unspecified atom stereocenters. The fourth-order valence-electron chi connectivity index (χ4n) is 3.86. The third-order valence-corrected chi connectivity index (χ3v) is 5.44. The Morgan fingerprint density at radius 3 is 2.42 bits per heavy atom. The molecule has 0 radical (unpaired) electrons. The Bertz CT molecular complexity index is 996. The summed E-state index contributed by atoms with van der Waals surface area (Å²) in [6.45, 7) is 3.49. The molecule has 0 N–H and O–H groups in total. The maximum atomic E-state index is 13.1. The second-order valence-electron chi connectivity index (χ2n) is 7.51. The summed E-state index contributed by atoms with van der Waals surface area (Å²) in [6.07, 6.45) is -0.334. The van der Waals surface area contributed by atoms with Gasteiger partial charge in [-0.3, -0.25) is 9.59 Å². The Morgan fingerprint density at radius 1 is 1.13 bits per heavy atom. The highest BCUT2D eigenvalue weighted by atomic mass is 16.5. The van der Waals surface area contributed by atoms with Gasteiger partial charge in [-0.1, -0.05) is 23.8 Å². The molecule has 0 spiro atoms. The third kappa shape index (κ3) is 4.64. The molecule has 1 fully saturated rings. The number of benzene rings is 2. The van der Waals surface area contributed by atoms with E-state index in [0.29, 0.717) is 23.6 Å². The highest BCUT2D eigenvalue weighted by Crippen LogP contribution is 2.43. The number of hydrogen-bond acceptors (Lipinski definition) is 6. The molecule has 0 aromatic heterocycles. The lowest BCUT2D eigenvalue weighted by Crippen LogP contribution is -2.46. The zero-order chi connectivity index (χ0) is 22.5. The van der Waals surface area contributed by atoms with Crippen molar-refractivity contribution in [1.82, 2.24) is 0 Å². The molecule has 7 nitrogen and oxygen atoms in total. The highest BCUT2D eigenvalue weighted by Gasteiger charge is 2.43. The second kappa shape index (κ2) is 9.52. The first-order valence-electron chi connectivity index (χ1n) is 10.1. The van der Waals surface area contributed by atoms with Crippen LogP contribution in [0.25, 0.3) is 0 Å². The molecule has 1 saturated heterocycles. The van der Waals surface area contributed by atoms with Gasteiger partial charge in [0.25, 0.3) is 0 Å². The highest BCUT2D eigenvalue weighted by molar-refractivity contribution is 5.97. The van der Waals surface area contributed by atoms with Gasteiger partial charge in [-0.15, -0.1) is 0 Å². The maximum Gasteiger partial charge on any atom is 0.312 e. The molecule has 7 heteroatoms. The number of hydrogen-bond donors (Lipinski definition) is 0. The molecule has 31 heavy (non-hydrogen) atoms. The molecule has 1 aliphatic rings. The van der Waals surface area contributed by atoms with E-state index in [4.69, 9.17) is 19.5 Å². The number of carbonyl (C=O) groups is 2. The quantitative estimate of drug-likeness (QED) is 0.655. The van der Waals surface area contributed by atoms with Gasteiger partial charge >= 0.3 is 5.97 Å². The lowest BCUT2D eigenvalue weighted by molar-refractivity contribution is -0.153. The summed E-state index contributed by atoms with van der Waals surface area (Å²) in [5.41, 5.74) is 2.48. The van der Waals surface area contributed by atoms with Crippen molar-refractivity contribution in [2.45, 2.75) is 38.8 Å². The number of carbonyl (C=O) groups excluding carboxylic acids is 2. The van der Waals surface area contributed by atoms with Gasteiger partial charge in [0, 0.05) is 12.1 Å². The molecule has 1 amide bonds. The van der Waals surface area contributed by atoms with Gasteiger partial charge in [-0.05, 0) is 50.1 Å². The van der Waals surface area contributed by atoms with Crippen molar-refractivity contribution in [2.75, 3.05) is 19.1 Å². The number of piperidine rings is 1. The Balaban J connectivity index is 2.11. The molecule has 0 aliphatic carbocycles. The lowest BCUT2D eigenvalue weighted by Gasteiger charge is -2.40. The largest absolute Gasteiger partial charge is 0.493 e. The van der Waals surface area contributed by atoms with Crippen molar-refractivity contribution in [2.24, 2.45) is 5.92 Å². The second-order valence-corrected chi connectivity index (χ2v) is 7.51. The van der Waals surface area contributed by atoms with Crippen LogP contribution in [0, 0.1) is 24.2 Å². The van der Waals surface area contributed by atoms with Crippen LogP contribution < -0.4 is 14.4 Å². The standard InChI is InChI=1S/C24H26N2O5/c1-15-5-8-18(9-6-15)26-22(27)12-10-19(24(28)31-16(2)14-25)23(26)17-7-11-20(29-3)21(13-17)30-4/h5-9,11,13,16,19,23H,10,12H2,1-4H3/t16-,19+,23+/m0/s1. The van der Waals surface area contributed by atoms with Crippen LogP contribution in [0.3, 0.4) is 0 Å². The van der Waals surface area contributed by atoms with E-state index in [9.17, 15) is 9.59 Å². The van der Waals surface area contributed by atoms with Crippen LogP contribution >= 0.6 is 0 Å². The van der Waals surface area contributed by atoms with Crippen LogP contribution in [0.2, 0.25) is 0 Å². The molecule has 1 aliphatic heterocycles. The number of amides is 1. The van der Waals surface area contributed by atoms with Crippen LogP contribution in [0.4, 0.5) is 5.69 Å². The Morgan fingerprint density at radius 2 is 1.81 bits per heavy atom. The number of nitriles is 1. The number of aryl methyl sites for hydroxylation is 1. The summed E-state index contributed by atoms with van der Waals surface area (Å²) >= 11 is 0. The minimum Gasteiger partial charge on any atom is -0.493 e. The van der Waals surface area contributed by atoms with E-state index in [1.165, 1.54) is 14.0 Å². The van der Waals surface area contributed by atoms with E-state index >= 15 is 0 Å². The van der Waals surface area contributed by atoms with Gasteiger partial charge in [0.05, 0.1) is 26.2 Å². The third-order valence-electron chi connectivity index (χ3n) is 5.44. The molecule has 0 bridgehead atoms. The molecule has 0 saturated carbocycles. The maximum absolute atomic E-state index is 13.1. The van der Waals surface area contributed by atoms with E-state index < -0.39 is 24.0 Å². The van der Waals surface area contributed by atoms with Gasteiger partial charge in [0.2, 0.25) is 5.91 Å². The first-order valence-corrected chi connectivity index (χ1v) is 10.1. The predicted molar refractivity (Wildman–Crippen MR) is 115 cm³/mol. The summed E-state index contributed by atoms with van der Waals surface area (Å²) in [4.78, 5) is 27.7. The van der Waals surface area contributed by atoms with Crippen LogP contribution in [0.15, 0.2) is 42.5 Å². The Labute approximate surface area is 182 Å². The van der Waals surface area contributed by atoms with E-state index in [2.05, 4.69) is 0 Å². The monoisotopic (exact) mass is 422 g/mol. The molecule has 2 aromatic carbocycles. The van der Waals surface area contributed by atoms with Crippen molar-refractivity contribution >= 4 is 17.6 Å². The van der Waals surface area contributed by atoms with Crippen molar-refractivity contribution in [3.05, 3.63) is 53.6 Å². The zero-order valence-electron chi connectivity index (χ0n) is 18.1. The zero-order valence-corrected chi connectivity index (χ0v) is 18.1. The molecular formula is C24H26N2O5. The topological polar surface area (TPSA) is 88.9 Å². The number of anilines is 1.